The van der Waals surface area contributed by atoms with E-state index < -0.39 is 0 Å². The number of hydrogen-bond acceptors (Lipinski definition) is 2. The van der Waals surface area contributed by atoms with Gasteiger partial charge in [0.2, 0.25) is 0 Å². The van der Waals surface area contributed by atoms with Crippen LogP contribution in [-0.2, 0) is 0 Å². The van der Waals surface area contributed by atoms with E-state index in [0.717, 1.165) is 31.1 Å². The highest BCUT2D eigenvalue weighted by Crippen LogP contribution is 2.34. The van der Waals surface area contributed by atoms with Crippen molar-refractivity contribution in [3.05, 3.63) is 35.6 Å². The van der Waals surface area contributed by atoms with Crippen molar-refractivity contribution >= 4 is 0 Å². The predicted molar refractivity (Wildman–Crippen MR) is 77.3 cm³/mol. The van der Waals surface area contributed by atoms with Crippen LogP contribution in [-0.4, -0.2) is 24.5 Å². The van der Waals surface area contributed by atoms with Crippen LogP contribution in [0.3, 0.4) is 0 Å². The van der Waals surface area contributed by atoms with Crippen LogP contribution in [0.25, 0.3) is 0 Å². The van der Waals surface area contributed by atoms with Gasteiger partial charge in [0.15, 0.2) is 0 Å². The molecule has 2 rings (SSSR count). The summed E-state index contributed by atoms with van der Waals surface area (Å²) >= 11 is 0. The molecule has 2 unspecified atom stereocenters. The highest BCUT2D eigenvalue weighted by Gasteiger charge is 2.32. The summed E-state index contributed by atoms with van der Waals surface area (Å²) in [7, 11) is 0. The van der Waals surface area contributed by atoms with E-state index in [1.54, 1.807) is 12.1 Å². The SMILES string of the molecule is CC(C)(C)C1CCN(CC(N)c2cccc(F)c2)C1. The lowest BCUT2D eigenvalue weighted by atomic mass is 9.80. The summed E-state index contributed by atoms with van der Waals surface area (Å²) in [6.45, 7) is 9.92. The first kappa shape index (κ1) is 14.5. The Hall–Kier alpha value is -0.930. The molecule has 2 N–H and O–H groups in total. The summed E-state index contributed by atoms with van der Waals surface area (Å²) in [5.74, 6) is 0.522. The van der Waals surface area contributed by atoms with Crippen molar-refractivity contribution in [2.24, 2.45) is 17.1 Å². The van der Waals surface area contributed by atoms with Crippen LogP contribution < -0.4 is 5.73 Å². The van der Waals surface area contributed by atoms with Gasteiger partial charge in [-0.15, -0.1) is 0 Å². The number of rotatable bonds is 3. The van der Waals surface area contributed by atoms with Gasteiger partial charge in [-0.1, -0.05) is 32.9 Å². The summed E-state index contributed by atoms with van der Waals surface area (Å²) in [5, 5.41) is 0. The second-order valence-electron chi connectivity index (χ2n) is 6.77. The van der Waals surface area contributed by atoms with Crippen LogP contribution in [0.1, 0.15) is 38.8 Å². The van der Waals surface area contributed by atoms with Gasteiger partial charge in [-0.2, -0.15) is 0 Å². The van der Waals surface area contributed by atoms with Crippen molar-refractivity contribution < 1.29 is 4.39 Å². The predicted octanol–water partition coefficient (Wildman–Crippen LogP) is 3.19. The molecule has 0 aliphatic carbocycles. The fraction of sp³-hybridized carbons (Fsp3) is 0.625. The van der Waals surface area contributed by atoms with Gasteiger partial charge in [0.25, 0.3) is 0 Å². The Morgan fingerprint density at radius 2 is 2.16 bits per heavy atom. The molecule has 1 saturated heterocycles. The number of nitrogens with two attached hydrogens (primary N) is 1. The average molecular weight is 264 g/mol. The van der Waals surface area contributed by atoms with Crippen molar-refractivity contribution in [2.45, 2.75) is 33.2 Å². The number of likely N-dealkylation sites (tertiary alicyclic amines) is 1. The quantitative estimate of drug-likeness (QED) is 0.908. The molecule has 2 atom stereocenters. The zero-order chi connectivity index (χ0) is 14.0. The van der Waals surface area contributed by atoms with Crippen LogP contribution >= 0.6 is 0 Å². The third kappa shape index (κ3) is 3.77. The molecule has 1 aliphatic heterocycles. The minimum absolute atomic E-state index is 0.102. The number of halogens is 1. The van der Waals surface area contributed by atoms with Crippen molar-refractivity contribution in [1.82, 2.24) is 4.90 Å². The van der Waals surface area contributed by atoms with Crippen molar-refractivity contribution in [3.63, 3.8) is 0 Å². The second-order valence-corrected chi connectivity index (χ2v) is 6.77. The monoisotopic (exact) mass is 264 g/mol. The molecule has 3 heteroatoms. The first-order valence-corrected chi connectivity index (χ1v) is 7.09. The molecule has 0 spiro atoms. The fourth-order valence-electron chi connectivity index (χ4n) is 2.83. The standard InChI is InChI=1S/C16H25FN2/c1-16(2,3)13-7-8-19(10-13)11-15(18)12-5-4-6-14(17)9-12/h4-6,9,13,15H,7-8,10-11,18H2,1-3H3. The summed E-state index contributed by atoms with van der Waals surface area (Å²) in [5.41, 5.74) is 7.44. The maximum Gasteiger partial charge on any atom is 0.123 e. The molecule has 1 aromatic rings. The Morgan fingerprint density at radius 3 is 2.74 bits per heavy atom. The number of hydrogen-bond donors (Lipinski definition) is 1. The van der Waals surface area contributed by atoms with Crippen LogP contribution in [0.15, 0.2) is 24.3 Å². The smallest absolute Gasteiger partial charge is 0.123 e. The third-order valence-corrected chi connectivity index (χ3v) is 4.23. The number of benzene rings is 1. The fourth-order valence-corrected chi connectivity index (χ4v) is 2.83. The Morgan fingerprint density at radius 1 is 1.42 bits per heavy atom. The highest BCUT2D eigenvalue weighted by atomic mass is 19.1. The minimum atomic E-state index is -0.207. The Bertz CT molecular complexity index is 425. The lowest BCUT2D eigenvalue weighted by Crippen LogP contribution is -2.32. The Balaban J connectivity index is 1.92. The average Bonchev–Trinajstić information content (AvgIpc) is 2.77. The van der Waals surface area contributed by atoms with E-state index in [1.165, 1.54) is 12.5 Å². The first-order valence-electron chi connectivity index (χ1n) is 7.09. The molecule has 1 aromatic carbocycles. The molecule has 1 fully saturated rings. The van der Waals surface area contributed by atoms with E-state index in [9.17, 15) is 4.39 Å². The number of nitrogens with zero attached hydrogens (tertiary/aromatic N) is 1. The van der Waals surface area contributed by atoms with Gasteiger partial charge in [0.1, 0.15) is 5.82 Å². The van der Waals surface area contributed by atoms with E-state index in [1.807, 2.05) is 6.07 Å². The van der Waals surface area contributed by atoms with Gasteiger partial charge < -0.3 is 10.6 Å². The minimum Gasteiger partial charge on any atom is -0.323 e. The first-order chi connectivity index (χ1) is 8.86. The normalized spacial score (nSPS) is 22.7. The van der Waals surface area contributed by atoms with E-state index >= 15 is 0 Å². The topological polar surface area (TPSA) is 29.3 Å². The molecule has 0 aromatic heterocycles. The van der Waals surface area contributed by atoms with Gasteiger partial charge in [-0.25, -0.2) is 4.39 Å². The van der Waals surface area contributed by atoms with E-state index in [-0.39, 0.29) is 11.9 Å². The van der Waals surface area contributed by atoms with Crippen LogP contribution in [0.5, 0.6) is 0 Å². The largest absolute Gasteiger partial charge is 0.323 e. The molecule has 106 valence electrons. The van der Waals surface area contributed by atoms with Crippen LogP contribution in [0, 0.1) is 17.2 Å². The Labute approximate surface area is 115 Å². The maximum atomic E-state index is 13.2. The maximum absolute atomic E-state index is 13.2. The summed E-state index contributed by atoms with van der Waals surface area (Å²) < 4.78 is 13.2. The Kier molecular flexibility index (Phi) is 4.26. The molecule has 0 radical (unpaired) electrons. The van der Waals surface area contributed by atoms with Gasteiger partial charge >= 0.3 is 0 Å². The van der Waals surface area contributed by atoms with Gasteiger partial charge in [-0.3, -0.25) is 0 Å². The van der Waals surface area contributed by atoms with Gasteiger partial charge in [-0.05, 0) is 42.0 Å². The zero-order valence-corrected chi connectivity index (χ0v) is 12.2. The second kappa shape index (κ2) is 5.59. The van der Waals surface area contributed by atoms with Crippen molar-refractivity contribution in [1.29, 1.82) is 0 Å². The zero-order valence-electron chi connectivity index (χ0n) is 12.2. The molecular formula is C16H25FN2. The molecule has 0 amide bonds. The molecule has 1 heterocycles. The summed E-state index contributed by atoms with van der Waals surface area (Å²) in [6.07, 6.45) is 1.24. The van der Waals surface area contributed by atoms with Crippen molar-refractivity contribution in [3.8, 4) is 0 Å². The summed E-state index contributed by atoms with van der Waals surface area (Å²) in [6, 6.07) is 6.54. The highest BCUT2D eigenvalue weighted by molar-refractivity contribution is 5.20. The van der Waals surface area contributed by atoms with E-state index in [4.69, 9.17) is 5.73 Å². The molecule has 19 heavy (non-hydrogen) atoms. The van der Waals surface area contributed by atoms with Crippen LogP contribution in [0.4, 0.5) is 4.39 Å². The molecule has 0 bridgehead atoms. The van der Waals surface area contributed by atoms with Gasteiger partial charge in [0.05, 0.1) is 0 Å². The van der Waals surface area contributed by atoms with Crippen molar-refractivity contribution in [2.75, 3.05) is 19.6 Å². The molecular weight excluding hydrogens is 239 g/mol. The lowest BCUT2D eigenvalue weighted by Gasteiger charge is -2.27. The summed E-state index contributed by atoms with van der Waals surface area (Å²) in [4.78, 5) is 2.41. The molecule has 2 nitrogen and oxygen atoms in total. The molecule has 0 saturated carbocycles. The van der Waals surface area contributed by atoms with E-state index in [2.05, 4.69) is 25.7 Å². The lowest BCUT2D eigenvalue weighted by molar-refractivity contribution is 0.224. The van der Waals surface area contributed by atoms with Crippen LogP contribution in [0.2, 0.25) is 0 Å². The van der Waals surface area contributed by atoms with E-state index in [0.29, 0.717) is 5.41 Å². The third-order valence-electron chi connectivity index (χ3n) is 4.23. The molecule has 1 aliphatic rings. The van der Waals surface area contributed by atoms with Gasteiger partial charge in [0, 0.05) is 19.1 Å².